The van der Waals surface area contributed by atoms with Gasteiger partial charge in [0, 0.05) is 16.3 Å². The van der Waals surface area contributed by atoms with Crippen LogP contribution in [0.2, 0.25) is 5.02 Å². The summed E-state index contributed by atoms with van der Waals surface area (Å²) in [5, 5.41) is 6.84. The highest BCUT2D eigenvalue weighted by Crippen LogP contribution is 2.25. The monoisotopic (exact) mass is 345 g/mol. The predicted molar refractivity (Wildman–Crippen MR) is 88.5 cm³/mol. The van der Waals surface area contributed by atoms with Crippen LogP contribution in [0.25, 0.3) is 11.4 Å². The van der Waals surface area contributed by atoms with E-state index in [9.17, 15) is 9.59 Å². The number of carbonyl (C=O) groups is 1. The van der Waals surface area contributed by atoms with Crippen LogP contribution in [0.1, 0.15) is 10.4 Å². The van der Waals surface area contributed by atoms with Crippen molar-refractivity contribution in [1.82, 2.24) is 10.1 Å². The fourth-order valence-corrected chi connectivity index (χ4v) is 2.31. The van der Waals surface area contributed by atoms with Crippen LogP contribution in [-0.4, -0.2) is 23.2 Å². The average Bonchev–Trinajstić information content (AvgIpc) is 3.01. The van der Waals surface area contributed by atoms with Crippen LogP contribution in [0.4, 0.5) is 5.69 Å². The molecule has 0 aliphatic rings. The number of nitrogens with zero attached hydrogens (tertiary/aromatic N) is 1. The Morgan fingerprint density at radius 3 is 2.83 bits per heavy atom. The summed E-state index contributed by atoms with van der Waals surface area (Å²) in [5.74, 6) is -0.350. The number of amides is 1. The quantitative estimate of drug-likeness (QED) is 0.757. The Morgan fingerprint density at radius 2 is 2.12 bits per heavy atom. The van der Waals surface area contributed by atoms with Gasteiger partial charge in [0.1, 0.15) is 5.75 Å². The number of rotatable bonds is 4. The first-order valence-corrected chi connectivity index (χ1v) is 7.26. The first-order chi connectivity index (χ1) is 11.6. The molecule has 7 nitrogen and oxygen atoms in total. The number of nitrogens with one attached hydrogen (secondary N) is 2. The van der Waals surface area contributed by atoms with E-state index in [-0.39, 0.29) is 11.7 Å². The summed E-state index contributed by atoms with van der Waals surface area (Å²) in [6.07, 6.45) is 0. The lowest BCUT2D eigenvalue weighted by molar-refractivity contribution is 0.102. The number of hydrogen-bond donors (Lipinski definition) is 2. The standard InChI is InChI=1S/C16H12ClN3O4/c1-23-13-8-10(17)5-6-12(13)15(21)18-11-4-2-3-9(7-11)14-19-16(22)24-20-14/h2-8H,1H3,(H,18,21)(H,19,20,22). The maximum Gasteiger partial charge on any atom is 0.439 e. The lowest BCUT2D eigenvalue weighted by Gasteiger charge is -2.10. The van der Waals surface area contributed by atoms with Gasteiger partial charge in [-0.15, -0.1) is 0 Å². The number of carbonyl (C=O) groups excluding carboxylic acids is 1. The van der Waals surface area contributed by atoms with Gasteiger partial charge in [0.25, 0.3) is 5.91 Å². The van der Waals surface area contributed by atoms with Crippen molar-refractivity contribution in [2.24, 2.45) is 0 Å². The van der Waals surface area contributed by atoms with Gasteiger partial charge in [-0.1, -0.05) is 28.9 Å². The normalized spacial score (nSPS) is 10.4. The first-order valence-electron chi connectivity index (χ1n) is 6.88. The van der Waals surface area contributed by atoms with Crippen molar-refractivity contribution in [1.29, 1.82) is 0 Å². The molecule has 2 aromatic carbocycles. The number of aromatic nitrogens is 2. The van der Waals surface area contributed by atoms with Gasteiger partial charge in [-0.25, -0.2) is 4.79 Å². The Labute approximate surface area is 141 Å². The van der Waals surface area contributed by atoms with Gasteiger partial charge in [-0.3, -0.25) is 14.3 Å². The molecular formula is C16H12ClN3O4. The van der Waals surface area contributed by atoms with Crippen LogP contribution in [0, 0.1) is 0 Å². The molecule has 2 N–H and O–H groups in total. The number of ether oxygens (including phenoxy) is 1. The number of anilines is 1. The molecule has 0 aliphatic heterocycles. The second-order valence-electron chi connectivity index (χ2n) is 4.82. The zero-order valence-electron chi connectivity index (χ0n) is 12.5. The number of hydrogen-bond acceptors (Lipinski definition) is 5. The number of aromatic amines is 1. The van der Waals surface area contributed by atoms with E-state index in [4.69, 9.17) is 16.3 Å². The molecule has 0 spiro atoms. The van der Waals surface area contributed by atoms with Crippen LogP contribution in [0.5, 0.6) is 5.75 Å². The second-order valence-corrected chi connectivity index (χ2v) is 5.26. The smallest absolute Gasteiger partial charge is 0.439 e. The third-order valence-electron chi connectivity index (χ3n) is 3.24. The van der Waals surface area contributed by atoms with E-state index in [1.807, 2.05) is 0 Å². The Bertz CT molecular complexity index is 948. The van der Waals surface area contributed by atoms with Crippen molar-refractivity contribution < 1.29 is 14.1 Å². The SMILES string of the molecule is COc1cc(Cl)ccc1C(=O)Nc1cccc(-c2noc(=O)[nH]2)c1. The molecule has 8 heteroatoms. The van der Waals surface area contributed by atoms with Crippen LogP contribution >= 0.6 is 11.6 Å². The summed E-state index contributed by atoms with van der Waals surface area (Å²) in [6.45, 7) is 0. The van der Waals surface area contributed by atoms with Crippen molar-refractivity contribution in [3.05, 3.63) is 63.6 Å². The molecule has 1 aromatic heterocycles. The van der Waals surface area contributed by atoms with Gasteiger partial charge in [0.15, 0.2) is 5.82 Å². The van der Waals surface area contributed by atoms with Crippen LogP contribution in [0.3, 0.4) is 0 Å². The van der Waals surface area contributed by atoms with Crippen LogP contribution in [0.15, 0.2) is 51.8 Å². The summed E-state index contributed by atoms with van der Waals surface area (Å²) < 4.78 is 9.65. The Morgan fingerprint density at radius 1 is 1.29 bits per heavy atom. The minimum absolute atomic E-state index is 0.278. The van der Waals surface area contributed by atoms with Crippen molar-refractivity contribution >= 4 is 23.2 Å². The number of H-pyrrole nitrogens is 1. The summed E-state index contributed by atoms with van der Waals surface area (Å²) >= 11 is 5.89. The molecule has 0 aliphatic carbocycles. The van der Waals surface area contributed by atoms with Crippen molar-refractivity contribution in [3.63, 3.8) is 0 Å². The Balaban J connectivity index is 1.86. The lowest BCUT2D eigenvalue weighted by Crippen LogP contribution is -2.13. The topological polar surface area (TPSA) is 97.2 Å². The molecule has 0 saturated carbocycles. The lowest BCUT2D eigenvalue weighted by atomic mass is 10.1. The third-order valence-corrected chi connectivity index (χ3v) is 3.48. The van der Waals surface area contributed by atoms with Gasteiger partial charge in [0.2, 0.25) is 0 Å². The minimum Gasteiger partial charge on any atom is -0.496 e. The number of methoxy groups -OCH3 is 1. The molecule has 3 aromatic rings. The molecule has 0 atom stereocenters. The van der Waals surface area contributed by atoms with E-state index in [0.29, 0.717) is 27.6 Å². The third kappa shape index (κ3) is 3.31. The van der Waals surface area contributed by atoms with Crippen molar-refractivity contribution in [2.45, 2.75) is 0 Å². The largest absolute Gasteiger partial charge is 0.496 e. The molecule has 0 unspecified atom stereocenters. The molecule has 1 heterocycles. The maximum atomic E-state index is 12.4. The zero-order chi connectivity index (χ0) is 17.1. The van der Waals surface area contributed by atoms with Gasteiger partial charge >= 0.3 is 5.76 Å². The van der Waals surface area contributed by atoms with Crippen LogP contribution in [-0.2, 0) is 0 Å². The van der Waals surface area contributed by atoms with E-state index < -0.39 is 5.76 Å². The fraction of sp³-hybridized carbons (Fsp3) is 0.0625. The summed E-state index contributed by atoms with van der Waals surface area (Å²) in [7, 11) is 1.46. The molecule has 0 saturated heterocycles. The first kappa shape index (κ1) is 15.8. The number of benzene rings is 2. The van der Waals surface area contributed by atoms with E-state index in [0.717, 1.165) is 0 Å². The molecule has 1 amide bonds. The maximum absolute atomic E-state index is 12.4. The fourth-order valence-electron chi connectivity index (χ4n) is 2.15. The zero-order valence-corrected chi connectivity index (χ0v) is 13.3. The van der Waals surface area contributed by atoms with Gasteiger partial charge in [-0.05, 0) is 30.3 Å². The Kier molecular flexibility index (Phi) is 4.35. The summed E-state index contributed by atoms with van der Waals surface area (Å²) in [6, 6.07) is 11.6. The highest BCUT2D eigenvalue weighted by atomic mass is 35.5. The van der Waals surface area contributed by atoms with E-state index in [1.165, 1.54) is 7.11 Å². The molecular weight excluding hydrogens is 334 g/mol. The highest BCUT2D eigenvalue weighted by Gasteiger charge is 2.13. The predicted octanol–water partition coefficient (Wildman–Crippen LogP) is 2.94. The van der Waals surface area contributed by atoms with E-state index in [1.54, 1.807) is 42.5 Å². The average molecular weight is 346 g/mol. The van der Waals surface area contributed by atoms with E-state index >= 15 is 0 Å². The molecule has 122 valence electrons. The molecule has 3 rings (SSSR count). The van der Waals surface area contributed by atoms with E-state index in [2.05, 4.69) is 20.0 Å². The minimum atomic E-state index is -0.648. The molecule has 0 radical (unpaired) electrons. The molecule has 0 fully saturated rings. The van der Waals surface area contributed by atoms with Gasteiger partial charge in [-0.2, -0.15) is 0 Å². The number of halogens is 1. The highest BCUT2D eigenvalue weighted by molar-refractivity contribution is 6.31. The Hall–Kier alpha value is -3.06. The summed E-state index contributed by atoms with van der Waals surface area (Å²) in [4.78, 5) is 25.9. The summed E-state index contributed by atoms with van der Waals surface area (Å²) in [5.41, 5.74) is 1.47. The van der Waals surface area contributed by atoms with Gasteiger partial charge in [0.05, 0.1) is 12.7 Å². The molecule has 24 heavy (non-hydrogen) atoms. The van der Waals surface area contributed by atoms with Crippen LogP contribution < -0.4 is 15.8 Å². The second kappa shape index (κ2) is 6.59. The van der Waals surface area contributed by atoms with Gasteiger partial charge < -0.3 is 10.1 Å². The van der Waals surface area contributed by atoms with Crippen molar-refractivity contribution in [3.8, 4) is 17.1 Å². The van der Waals surface area contributed by atoms with Crippen molar-refractivity contribution in [2.75, 3.05) is 12.4 Å². The molecule has 0 bridgehead atoms.